The van der Waals surface area contributed by atoms with Crippen LogP contribution in [-0.2, 0) is 38.1 Å². The van der Waals surface area contributed by atoms with Gasteiger partial charge in [0.15, 0.2) is 0 Å². The van der Waals surface area contributed by atoms with Gasteiger partial charge in [-0.25, -0.2) is 4.79 Å². The first-order valence-corrected chi connectivity index (χ1v) is 19.4. The van der Waals surface area contributed by atoms with Crippen molar-refractivity contribution in [1.29, 1.82) is 0 Å². The summed E-state index contributed by atoms with van der Waals surface area (Å²) in [6.07, 6.45) is 17.6. The smallest absolute Gasteiger partial charge is 0.465 e. The molecule has 10 heteroatoms. The maximum atomic E-state index is 13.1. The minimum atomic E-state index is -0.784. The van der Waals surface area contributed by atoms with Crippen molar-refractivity contribution in [2.75, 3.05) is 52.7 Å². The number of carbonyl (C=O) groups is 4. The van der Waals surface area contributed by atoms with Crippen molar-refractivity contribution in [3.05, 3.63) is 12.2 Å². The van der Waals surface area contributed by atoms with E-state index in [1.54, 1.807) is 0 Å². The zero-order valence-electron chi connectivity index (χ0n) is 30.6. The van der Waals surface area contributed by atoms with Gasteiger partial charge in [-0.15, -0.1) is 0 Å². The highest BCUT2D eigenvalue weighted by atomic mass is 16.7. The molecule has 6 atom stereocenters. The van der Waals surface area contributed by atoms with Crippen molar-refractivity contribution in [3.8, 4) is 0 Å². The van der Waals surface area contributed by atoms with Crippen molar-refractivity contribution in [1.82, 2.24) is 4.90 Å². The second kappa shape index (κ2) is 19.7. The summed E-state index contributed by atoms with van der Waals surface area (Å²) in [5.74, 6) is 0.977. The number of fused-ring (bicyclic) bond motifs is 1. The number of rotatable bonds is 26. The Morgan fingerprint density at radius 1 is 0.694 bits per heavy atom. The summed E-state index contributed by atoms with van der Waals surface area (Å²) in [7, 11) is 0. The third-order valence-electron chi connectivity index (χ3n) is 11.9. The molecule has 278 valence electrons. The quantitative estimate of drug-likeness (QED) is 0.0393. The Kier molecular flexibility index (Phi) is 15.7. The van der Waals surface area contributed by atoms with Crippen LogP contribution in [0.3, 0.4) is 0 Å². The van der Waals surface area contributed by atoms with Gasteiger partial charge in [-0.3, -0.25) is 14.4 Å². The summed E-state index contributed by atoms with van der Waals surface area (Å²) in [6, 6.07) is 0. The summed E-state index contributed by atoms with van der Waals surface area (Å²) >= 11 is 0. The van der Waals surface area contributed by atoms with E-state index in [0.29, 0.717) is 44.1 Å². The molecule has 0 aromatic heterocycles. The second-order valence-electron chi connectivity index (χ2n) is 15.0. The van der Waals surface area contributed by atoms with Crippen LogP contribution < -0.4 is 0 Å². The molecule has 0 aromatic carbocycles. The predicted molar refractivity (Wildman–Crippen MR) is 185 cm³/mol. The Morgan fingerprint density at radius 3 is 2.08 bits per heavy atom. The second-order valence-corrected chi connectivity index (χ2v) is 15.0. The molecule has 49 heavy (non-hydrogen) atoms. The first-order chi connectivity index (χ1) is 23.7. The summed E-state index contributed by atoms with van der Waals surface area (Å²) in [4.78, 5) is 52.2. The van der Waals surface area contributed by atoms with E-state index in [1.807, 2.05) is 0 Å². The molecule has 0 heterocycles. The van der Waals surface area contributed by atoms with Crippen molar-refractivity contribution in [2.24, 2.45) is 34.5 Å². The van der Waals surface area contributed by atoms with Gasteiger partial charge in [0.05, 0.1) is 25.6 Å². The van der Waals surface area contributed by atoms with E-state index in [2.05, 4.69) is 37.8 Å². The molecule has 0 amide bonds. The van der Waals surface area contributed by atoms with E-state index < -0.39 is 18.0 Å². The third kappa shape index (κ3) is 10.7. The third-order valence-corrected chi connectivity index (χ3v) is 11.9. The summed E-state index contributed by atoms with van der Waals surface area (Å²) in [5, 5.41) is 0. The first-order valence-electron chi connectivity index (χ1n) is 19.4. The molecule has 4 saturated carbocycles. The summed E-state index contributed by atoms with van der Waals surface area (Å²) < 4.78 is 27.1. The van der Waals surface area contributed by atoms with Crippen LogP contribution in [0, 0.1) is 34.5 Å². The van der Waals surface area contributed by atoms with Crippen LogP contribution in [0.1, 0.15) is 124 Å². The molecule has 10 nitrogen and oxygen atoms in total. The fourth-order valence-corrected chi connectivity index (χ4v) is 9.49. The Morgan fingerprint density at radius 2 is 1.39 bits per heavy atom. The first kappa shape index (κ1) is 39.2. The van der Waals surface area contributed by atoms with Gasteiger partial charge >= 0.3 is 24.1 Å². The zero-order chi connectivity index (χ0) is 35.1. The summed E-state index contributed by atoms with van der Waals surface area (Å²) in [5.41, 5.74) is 0.511. The molecule has 0 aliphatic heterocycles. The molecule has 4 fully saturated rings. The highest BCUT2D eigenvalue weighted by molar-refractivity contribution is 5.72. The van der Waals surface area contributed by atoms with E-state index in [0.717, 1.165) is 56.7 Å². The molecule has 1 spiro atoms. The average Bonchev–Trinajstić information content (AvgIpc) is 3.57. The van der Waals surface area contributed by atoms with Crippen LogP contribution in [-0.4, -0.2) is 81.6 Å². The Bertz CT molecular complexity index is 1110. The molecule has 0 saturated heterocycles. The molecule has 0 N–H and O–H groups in total. The van der Waals surface area contributed by atoms with E-state index in [4.69, 9.17) is 23.7 Å². The van der Waals surface area contributed by atoms with Gasteiger partial charge in [-0.05, 0) is 112 Å². The number of hydrogen-bond donors (Lipinski definition) is 0. The maximum Gasteiger partial charge on any atom is 0.508 e. The number of allylic oxidation sites excluding steroid dienone is 1. The molecule has 4 aliphatic rings. The monoisotopic (exact) mass is 689 g/mol. The lowest BCUT2D eigenvalue weighted by Gasteiger charge is -2.73. The van der Waals surface area contributed by atoms with E-state index in [-0.39, 0.29) is 56.6 Å². The van der Waals surface area contributed by atoms with Crippen molar-refractivity contribution in [2.45, 2.75) is 124 Å². The van der Waals surface area contributed by atoms with Crippen LogP contribution in [0.25, 0.3) is 0 Å². The van der Waals surface area contributed by atoms with E-state index >= 15 is 0 Å². The van der Waals surface area contributed by atoms with Crippen LogP contribution in [0.2, 0.25) is 0 Å². The summed E-state index contributed by atoms with van der Waals surface area (Å²) in [6.45, 7) is 9.56. The van der Waals surface area contributed by atoms with Gasteiger partial charge in [-0.1, -0.05) is 45.8 Å². The van der Waals surface area contributed by atoms with Gasteiger partial charge in [-0.2, -0.15) is 0 Å². The zero-order valence-corrected chi connectivity index (χ0v) is 30.6. The maximum absolute atomic E-state index is 13.1. The fourth-order valence-electron chi connectivity index (χ4n) is 9.49. The van der Waals surface area contributed by atoms with E-state index in [1.165, 1.54) is 38.5 Å². The normalized spacial score (nSPS) is 26.5. The number of hydrogen-bond acceptors (Lipinski definition) is 10. The van der Waals surface area contributed by atoms with Crippen LogP contribution >= 0.6 is 0 Å². The molecule has 4 aliphatic carbocycles. The number of carbonyl (C=O) groups excluding carboxylic acids is 4. The number of ether oxygens (including phenoxy) is 5. The Hall–Kier alpha value is -2.62. The molecule has 2 bridgehead atoms. The van der Waals surface area contributed by atoms with Gasteiger partial charge in [0.2, 0.25) is 0 Å². The largest absolute Gasteiger partial charge is 0.508 e. The van der Waals surface area contributed by atoms with Crippen LogP contribution in [0.5, 0.6) is 0 Å². The highest BCUT2D eigenvalue weighted by Crippen LogP contribution is 2.87. The molecular formula is C39H63NO9. The van der Waals surface area contributed by atoms with Crippen molar-refractivity contribution in [3.63, 3.8) is 0 Å². The molecule has 6 unspecified atom stereocenters. The molecule has 0 radical (unpaired) electrons. The Labute approximate surface area is 294 Å². The van der Waals surface area contributed by atoms with Crippen molar-refractivity contribution >= 4 is 24.1 Å². The lowest BCUT2D eigenvalue weighted by molar-refractivity contribution is -0.248. The van der Waals surface area contributed by atoms with Gasteiger partial charge in [0.25, 0.3) is 0 Å². The average molecular weight is 690 g/mol. The van der Waals surface area contributed by atoms with Crippen molar-refractivity contribution < 1.29 is 42.9 Å². The highest BCUT2D eigenvalue weighted by Gasteiger charge is 2.80. The van der Waals surface area contributed by atoms with Gasteiger partial charge in [0.1, 0.15) is 19.8 Å². The SMILES string of the molecule is CCCCC/C=C\CCOC(=O)CCCCC(=O)OCC(COC(=O)CC12CC3CC4CC(C1)C42C3)COC(=O)OCCCN(CC)CC. The standard InChI is InChI=1S/C39H63NO9/c1-4-7-8-9-10-11-14-19-45-34(41)16-12-13-17-35(42)47-27-31(29-49-37(44)46-20-15-18-40(5-2)6-3)28-48-36(43)26-38-23-30-21-32-22-33(25-38)39(32,38)24-30/h10-11,30-33H,4-9,12-29H2,1-3H3/b11-10-. The number of nitrogens with zero attached hydrogens (tertiary/aromatic N) is 1. The van der Waals surface area contributed by atoms with Gasteiger partial charge < -0.3 is 28.6 Å². The van der Waals surface area contributed by atoms with Crippen LogP contribution in [0.4, 0.5) is 4.79 Å². The number of esters is 3. The predicted octanol–water partition coefficient (Wildman–Crippen LogP) is 7.42. The number of unbranched alkanes of at least 4 members (excludes halogenated alkanes) is 4. The minimum absolute atomic E-state index is 0.000484. The molecule has 0 aromatic rings. The molecular weight excluding hydrogens is 626 g/mol. The van der Waals surface area contributed by atoms with Crippen LogP contribution in [0.15, 0.2) is 12.2 Å². The van der Waals surface area contributed by atoms with E-state index in [9.17, 15) is 19.2 Å². The topological polar surface area (TPSA) is 118 Å². The van der Waals surface area contributed by atoms with Gasteiger partial charge in [0, 0.05) is 19.4 Å². The Balaban J connectivity index is 1.13. The lowest BCUT2D eigenvalue weighted by Crippen LogP contribution is -2.67. The minimum Gasteiger partial charge on any atom is -0.465 e. The fraction of sp³-hybridized carbons (Fsp3) is 0.846. The lowest BCUT2D eigenvalue weighted by atomic mass is 9.31. The molecule has 4 rings (SSSR count).